The molecule has 0 atom stereocenters. The second kappa shape index (κ2) is 9.02. The first-order valence-corrected chi connectivity index (χ1v) is 9.54. The summed E-state index contributed by atoms with van der Waals surface area (Å²) in [6.45, 7) is 0.277. The van der Waals surface area contributed by atoms with Gasteiger partial charge in [-0.1, -0.05) is 41.5 Å². The van der Waals surface area contributed by atoms with E-state index in [4.69, 9.17) is 51.2 Å². The third-order valence-electron chi connectivity index (χ3n) is 3.10. The fourth-order valence-corrected chi connectivity index (χ4v) is 3.93. The summed E-state index contributed by atoms with van der Waals surface area (Å²) >= 11 is 23.8. The normalized spacial score (nSPS) is 11.1. The number of hydrogen-bond acceptors (Lipinski definition) is 3. The van der Waals surface area contributed by atoms with Gasteiger partial charge in [-0.3, -0.25) is 0 Å². The predicted molar refractivity (Wildman–Crippen MR) is 113 cm³/mol. The molecular formula is C17H10Br2Cl2N2OS. The smallest absolute Gasteiger partial charge is 0.148 e. The molecule has 0 heterocycles. The van der Waals surface area contributed by atoms with Crippen LogP contribution < -0.4 is 10.5 Å². The third kappa shape index (κ3) is 5.44. The molecule has 0 unspecified atom stereocenters. The topological polar surface area (TPSA) is 59.0 Å². The Kier molecular flexibility index (Phi) is 7.29. The zero-order chi connectivity index (χ0) is 18.6. The van der Waals surface area contributed by atoms with Gasteiger partial charge in [0.15, 0.2) is 0 Å². The number of thiocarbonyl (C=S) groups is 1. The highest BCUT2D eigenvalue weighted by Crippen LogP contribution is 2.36. The SMILES string of the molecule is N#C/C(=C\c1cc(Br)c(OCc2ccc(Cl)cc2Cl)c(Br)c1)C(N)=S. The fourth-order valence-electron chi connectivity index (χ4n) is 1.91. The lowest BCUT2D eigenvalue weighted by Crippen LogP contribution is -2.09. The number of nitriles is 1. The largest absolute Gasteiger partial charge is 0.486 e. The van der Waals surface area contributed by atoms with Crippen molar-refractivity contribution in [1.82, 2.24) is 0 Å². The van der Waals surface area contributed by atoms with Gasteiger partial charge in [-0.2, -0.15) is 5.26 Å². The van der Waals surface area contributed by atoms with Crippen molar-refractivity contribution in [2.45, 2.75) is 6.61 Å². The van der Waals surface area contributed by atoms with E-state index in [2.05, 4.69) is 31.9 Å². The molecule has 0 aliphatic carbocycles. The summed E-state index contributed by atoms with van der Waals surface area (Å²) in [5.74, 6) is 0.608. The van der Waals surface area contributed by atoms with Crippen LogP contribution in [0, 0.1) is 11.3 Å². The molecule has 128 valence electrons. The van der Waals surface area contributed by atoms with E-state index in [-0.39, 0.29) is 17.2 Å². The lowest BCUT2D eigenvalue weighted by Gasteiger charge is -2.12. The van der Waals surface area contributed by atoms with Crippen LogP contribution in [-0.4, -0.2) is 4.99 Å². The van der Waals surface area contributed by atoms with Gasteiger partial charge < -0.3 is 10.5 Å². The van der Waals surface area contributed by atoms with Crippen LogP contribution in [0.15, 0.2) is 44.9 Å². The zero-order valence-corrected chi connectivity index (χ0v) is 18.0. The number of halogens is 4. The van der Waals surface area contributed by atoms with E-state index in [0.29, 0.717) is 24.7 Å². The number of rotatable bonds is 5. The van der Waals surface area contributed by atoms with Crippen molar-refractivity contribution >= 4 is 78.3 Å². The van der Waals surface area contributed by atoms with Crippen LogP contribution in [0.25, 0.3) is 6.08 Å². The van der Waals surface area contributed by atoms with E-state index in [0.717, 1.165) is 11.1 Å². The monoisotopic (exact) mass is 518 g/mol. The van der Waals surface area contributed by atoms with Crippen molar-refractivity contribution in [3.63, 3.8) is 0 Å². The number of hydrogen-bond donors (Lipinski definition) is 1. The molecule has 0 aromatic heterocycles. The van der Waals surface area contributed by atoms with Gasteiger partial charge in [0, 0.05) is 15.6 Å². The first-order valence-electron chi connectivity index (χ1n) is 6.79. The highest BCUT2D eigenvalue weighted by molar-refractivity contribution is 9.11. The van der Waals surface area contributed by atoms with Gasteiger partial charge in [0.1, 0.15) is 23.4 Å². The van der Waals surface area contributed by atoms with Gasteiger partial charge in [0.25, 0.3) is 0 Å². The second-order valence-electron chi connectivity index (χ2n) is 4.87. The molecule has 0 fully saturated rings. The number of nitrogens with two attached hydrogens (primary N) is 1. The van der Waals surface area contributed by atoms with E-state index >= 15 is 0 Å². The molecular weight excluding hydrogens is 511 g/mol. The minimum Gasteiger partial charge on any atom is -0.486 e. The summed E-state index contributed by atoms with van der Waals surface area (Å²) in [6.07, 6.45) is 1.61. The first kappa shape index (κ1) is 20.2. The van der Waals surface area contributed by atoms with Crippen molar-refractivity contribution in [2.24, 2.45) is 5.73 Å². The average molecular weight is 521 g/mol. The Morgan fingerprint density at radius 3 is 2.40 bits per heavy atom. The van der Waals surface area contributed by atoms with Gasteiger partial charge in [0.05, 0.1) is 14.5 Å². The molecule has 2 N–H and O–H groups in total. The quantitative estimate of drug-likeness (QED) is 0.286. The first-order chi connectivity index (χ1) is 11.8. The fraction of sp³-hybridized carbons (Fsp3) is 0.0588. The van der Waals surface area contributed by atoms with Crippen LogP contribution in [0.5, 0.6) is 5.75 Å². The Labute approximate surface area is 177 Å². The molecule has 25 heavy (non-hydrogen) atoms. The Morgan fingerprint density at radius 2 is 1.88 bits per heavy atom. The van der Waals surface area contributed by atoms with Crippen molar-refractivity contribution in [3.8, 4) is 11.8 Å². The Balaban J connectivity index is 2.26. The van der Waals surface area contributed by atoms with E-state index in [1.54, 1.807) is 30.3 Å². The van der Waals surface area contributed by atoms with Crippen molar-refractivity contribution in [1.29, 1.82) is 5.26 Å². The minimum absolute atomic E-state index is 0.0486. The van der Waals surface area contributed by atoms with Gasteiger partial charge in [0.2, 0.25) is 0 Å². The van der Waals surface area contributed by atoms with E-state index < -0.39 is 0 Å². The summed E-state index contributed by atoms with van der Waals surface area (Å²) < 4.78 is 7.26. The lowest BCUT2D eigenvalue weighted by molar-refractivity contribution is 0.302. The standard InChI is InChI=1S/C17H10Br2Cl2N2OS/c18-13-4-9(3-11(7-22)17(23)25)5-14(19)16(13)24-8-10-1-2-12(20)6-15(10)21/h1-6H,8H2,(H2,23,25)/b11-3+. The maximum absolute atomic E-state index is 9.05. The molecule has 8 heteroatoms. The number of nitrogens with zero attached hydrogens (tertiary/aromatic N) is 1. The van der Waals surface area contributed by atoms with Crippen LogP contribution in [0.4, 0.5) is 0 Å². The molecule has 2 aromatic carbocycles. The van der Waals surface area contributed by atoms with Crippen molar-refractivity contribution < 1.29 is 4.74 Å². The molecule has 0 saturated carbocycles. The summed E-state index contributed by atoms with van der Waals surface area (Å²) in [5.41, 5.74) is 7.30. The maximum Gasteiger partial charge on any atom is 0.148 e. The Morgan fingerprint density at radius 1 is 1.24 bits per heavy atom. The third-order valence-corrected chi connectivity index (χ3v) is 5.09. The Hall–Kier alpha value is -1.10. The molecule has 0 spiro atoms. The molecule has 0 radical (unpaired) electrons. The molecule has 2 rings (SSSR count). The number of benzene rings is 2. The summed E-state index contributed by atoms with van der Waals surface area (Å²) in [5, 5.41) is 10.2. The Bertz CT molecular complexity index is 887. The molecule has 3 nitrogen and oxygen atoms in total. The van der Waals surface area contributed by atoms with Gasteiger partial charge in [-0.15, -0.1) is 0 Å². The summed E-state index contributed by atoms with van der Waals surface area (Å²) in [7, 11) is 0. The van der Waals surface area contributed by atoms with Crippen molar-refractivity contribution in [3.05, 3.63) is 66.0 Å². The van der Waals surface area contributed by atoms with E-state index in [1.165, 1.54) is 0 Å². The van der Waals surface area contributed by atoms with E-state index in [1.807, 2.05) is 12.1 Å². The molecule has 2 aromatic rings. The van der Waals surface area contributed by atoms with Crippen LogP contribution in [0.2, 0.25) is 10.0 Å². The second-order valence-corrected chi connectivity index (χ2v) is 7.86. The molecule has 0 amide bonds. The molecule has 0 saturated heterocycles. The van der Waals surface area contributed by atoms with Crippen LogP contribution in [-0.2, 0) is 6.61 Å². The summed E-state index contributed by atoms with van der Waals surface area (Å²) in [6, 6.07) is 10.8. The molecule has 0 bridgehead atoms. The van der Waals surface area contributed by atoms with E-state index in [9.17, 15) is 0 Å². The van der Waals surface area contributed by atoms with Gasteiger partial charge in [-0.25, -0.2) is 0 Å². The van der Waals surface area contributed by atoms with Crippen LogP contribution >= 0.6 is 67.3 Å². The molecule has 0 aliphatic heterocycles. The predicted octanol–water partition coefficient (Wildman–Crippen LogP) is 6.29. The minimum atomic E-state index is 0.0486. The van der Waals surface area contributed by atoms with Crippen molar-refractivity contribution in [2.75, 3.05) is 0 Å². The van der Waals surface area contributed by atoms with Crippen LogP contribution in [0.1, 0.15) is 11.1 Å². The summed E-state index contributed by atoms with van der Waals surface area (Å²) in [4.78, 5) is 0.0486. The molecule has 0 aliphatic rings. The van der Waals surface area contributed by atoms with Gasteiger partial charge in [-0.05, 0) is 67.8 Å². The maximum atomic E-state index is 9.05. The van der Waals surface area contributed by atoms with Crippen LogP contribution in [0.3, 0.4) is 0 Å². The highest BCUT2D eigenvalue weighted by atomic mass is 79.9. The zero-order valence-electron chi connectivity index (χ0n) is 12.5. The number of ether oxygens (including phenoxy) is 1. The van der Waals surface area contributed by atoms with Gasteiger partial charge >= 0.3 is 0 Å². The highest BCUT2D eigenvalue weighted by Gasteiger charge is 2.11. The average Bonchev–Trinajstić information content (AvgIpc) is 2.53. The lowest BCUT2D eigenvalue weighted by atomic mass is 10.1.